The van der Waals surface area contributed by atoms with Crippen LogP contribution in [0.4, 0.5) is 5.69 Å². The summed E-state index contributed by atoms with van der Waals surface area (Å²) in [6, 6.07) is 11.1. The van der Waals surface area contributed by atoms with E-state index in [2.05, 4.69) is 20.3 Å². The van der Waals surface area contributed by atoms with Crippen LogP contribution in [0.25, 0.3) is 11.2 Å². The van der Waals surface area contributed by atoms with Crippen LogP contribution in [0.1, 0.15) is 40.5 Å². The van der Waals surface area contributed by atoms with Crippen LogP contribution in [0.15, 0.2) is 47.3 Å². The largest absolute Gasteiger partial charge is 0.338 e. The van der Waals surface area contributed by atoms with E-state index in [-0.39, 0.29) is 29.2 Å². The molecule has 1 N–H and O–H groups in total. The number of H-pyrrole nitrogens is 1. The zero-order valence-corrected chi connectivity index (χ0v) is 20.2. The summed E-state index contributed by atoms with van der Waals surface area (Å²) in [5.41, 5.74) is 0.472. The van der Waals surface area contributed by atoms with Crippen molar-refractivity contribution in [3.8, 4) is 0 Å². The lowest BCUT2D eigenvalue weighted by Gasteiger charge is -2.31. The Morgan fingerprint density at radius 3 is 2.50 bits per heavy atom. The Bertz CT molecular complexity index is 1520. The lowest BCUT2D eigenvalue weighted by atomic mass is 9.95. The van der Waals surface area contributed by atoms with Gasteiger partial charge in [-0.05, 0) is 31.0 Å². The van der Waals surface area contributed by atoms with Crippen molar-refractivity contribution < 1.29 is 9.72 Å². The van der Waals surface area contributed by atoms with E-state index in [0.717, 1.165) is 0 Å². The number of likely N-dealkylation sites (tertiary alicyclic amines) is 1. The van der Waals surface area contributed by atoms with Gasteiger partial charge in [-0.25, -0.2) is 9.67 Å². The quantitative estimate of drug-likeness (QED) is 0.307. The van der Waals surface area contributed by atoms with Crippen LogP contribution in [0.2, 0.25) is 10.0 Å². The fourth-order valence-corrected chi connectivity index (χ4v) is 4.87. The van der Waals surface area contributed by atoms with E-state index < -0.39 is 16.4 Å². The van der Waals surface area contributed by atoms with Crippen LogP contribution in [0.5, 0.6) is 0 Å². The fourth-order valence-electron chi connectivity index (χ4n) is 4.36. The van der Waals surface area contributed by atoms with E-state index in [1.807, 2.05) is 0 Å². The first-order valence-corrected chi connectivity index (χ1v) is 11.9. The third kappa shape index (κ3) is 4.42. The molecule has 0 saturated carbocycles. The highest BCUT2D eigenvalue weighted by molar-refractivity contribution is 6.36. The van der Waals surface area contributed by atoms with Gasteiger partial charge in [-0.2, -0.15) is 0 Å². The summed E-state index contributed by atoms with van der Waals surface area (Å²) < 4.78 is 1.48. The molecule has 1 aliphatic heterocycles. The van der Waals surface area contributed by atoms with Gasteiger partial charge in [0.15, 0.2) is 11.2 Å². The van der Waals surface area contributed by atoms with Gasteiger partial charge in [-0.15, -0.1) is 5.10 Å². The number of benzene rings is 2. The molecular formula is C23H19Cl2N7O4. The van der Waals surface area contributed by atoms with Gasteiger partial charge in [-0.1, -0.05) is 46.6 Å². The second-order valence-electron chi connectivity index (χ2n) is 8.41. The highest BCUT2D eigenvalue weighted by Gasteiger charge is 2.30. The molecule has 36 heavy (non-hydrogen) atoms. The van der Waals surface area contributed by atoms with E-state index in [1.54, 1.807) is 29.2 Å². The number of para-hydroxylation sites is 1. The molecule has 0 spiro atoms. The number of carbonyl (C=O) groups is 1. The molecule has 4 aromatic rings. The van der Waals surface area contributed by atoms with Crippen LogP contribution < -0.4 is 5.56 Å². The Kier molecular flexibility index (Phi) is 6.42. The van der Waals surface area contributed by atoms with Gasteiger partial charge in [0, 0.05) is 40.7 Å². The van der Waals surface area contributed by atoms with Crippen molar-refractivity contribution in [2.75, 3.05) is 13.1 Å². The first-order chi connectivity index (χ1) is 17.3. The predicted octanol–water partition coefficient (Wildman–Crippen LogP) is 3.80. The zero-order chi connectivity index (χ0) is 25.4. The van der Waals surface area contributed by atoms with Crippen molar-refractivity contribution in [2.24, 2.45) is 0 Å². The van der Waals surface area contributed by atoms with Crippen molar-refractivity contribution >= 4 is 46.0 Å². The maximum Gasteiger partial charge on any atom is 0.282 e. The number of aromatic nitrogens is 5. The van der Waals surface area contributed by atoms with Crippen LogP contribution in [0.3, 0.4) is 0 Å². The predicted molar refractivity (Wildman–Crippen MR) is 132 cm³/mol. The van der Waals surface area contributed by atoms with E-state index in [0.29, 0.717) is 53.0 Å². The molecule has 13 heteroatoms. The molecule has 3 heterocycles. The maximum atomic E-state index is 12.9. The first kappa shape index (κ1) is 23.9. The van der Waals surface area contributed by atoms with Gasteiger partial charge in [0.25, 0.3) is 17.2 Å². The molecule has 0 bridgehead atoms. The van der Waals surface area contributed by atoms with Crippen LogP contribution in [0, 0.1) is 10.1 Å². The van der Waals surface area contributed by atoms with Gasteiger partial charge in [-0.3, -0.25) is 19.7 Å². The van der Waals surface area contributed by atoms with Crippen LogP contribution >= 0.6 is 23.2 Å². The van der Waals surface area contributed by atoms with Gasteiger partial charge < -0.3 is 9.88 Å². The Balaban J connectivity index is 1.37. The fraction of sp³-hybridized carbons (Fsp3) is 0.261. The summed E-state index contributed by atoms with van der Waals surface area (Å²) in [5, 5.41) is 20.3. The molecule has 1 fully saturated rings. The second kappa shape index (κ2) is 9.67. The van der Waals surface area contributed by atoms with E-state index in [9.17, 15) is 19.7 Å². The Morgan fingerprint density at radius 2 is 1.81 bits per heavy atom. The standard InChI is InChI=1S/C23H19Cl2N7O4/c24-16-5-3-6-17(25)15(16)12-31-21-19(28-29-31)22(33)27-20(26-21)13-8-10-30(11-9-13)23(34)14-4-1-2-7-18(14)32(35)36/h1-7,13H,8-12H2,(H,26,27,33). The van der Waals surface area contributed by atoms with Gasteiger partial charge in [0.05, 0.1) is 11.5 Å². The van der Waals surface area contributed by atoms with E-state index >= 15 is 0 Å². The minimum absolute atomic E-state index is 0.0575. The van der Waals surface area contributed by atoms with Crippen molar-refractivity contribution in [3.63, 3.8) is 0 Å². The molecule has 0 aliphatic carbocycles. The number of piperidine rings is 1. The number of nitrogens with zero attached hydrogens (tertiary/aromatic N) is 6. The summed E-state index contributed by atoms with van der Waals surface area (Å²) >= 11 is 12.6. The van der Waals surface area contributed by atoms with Gasteiger partial charge in [0.2, 0.25) is 0 Å². The first-order valence-electron chi connectivity index (χ1n) is 11.1. The number of nitrogens with one attached hydrogen (secondary N) is 1. The summed E-state index contributed by atoms with van der Waals surface area (Å²) in [6.07, 6.45) is 1.05. The summed E-state index contributed by atoms with van der Waals surface area (Å²) in [7, 11) is 0. The van der Waals surface area contributed by atoms with Crippen LogP contribution in [-0.2, 0) is 6.54 Å². The molecule has 184 valence electrons. The number of nitro groups is 1. The summed E-state index contributed by atoms with van der Waals surface area (Å²) in [4.78, 5) is 45.4. The minimum atomic E-state index is -0.559. The zero-order valence-electron chi connectivity index (χ0n) is 18.7. The number of carbonyl (C=O) groups excluding carboxylic acids is 1. The summed E-state index contributed by atoms with van der Waals surface area (Å²) in [6.45, 7) is 0.918. The van der Waals surface area contributed by atoms with Gasteiger partial charge in [0.1, 0.15) is 11.4 Å². The Labute approximate surface area is 213 Å². The molecule has 0 radical (unpaired) electrons. The molecule has 11 nitrogen and oxygen atoms in total. The molecular weight excluding hydrogens is 509 g/mol. The number of hydrogen-bond donors (Lipinski definition) is 1. The smallest absolute Gasteiger partial charge is 0.282 e. The number of nitro benzene ring substituents is 1. The highest BCUT2D eigenvalue weighted by atomic mass is 35.5. The normalized spacial score (nSPS) is 14.3. The third-order valence-corrected chi connectivity index (χ3v) is 6.97. The average Bonchev–Trinajstić information content (AvgIpc) is 3.29. The lowest BCUT2D eigenvalue weighted by Crippen LogP contribution is -2.38. The Hall–Kier alpha value is -3.83. The summed E-state index contributed by atoms with van der Waals surface area (Å²) in [5.74, 6) is -0.0418. The second-order valence-corrected chi connectivity index (χ2v) is 9.23. The molecule has 0 atom stereocenters. The molecule has 2 aromatic carbocycles. The van der Waals surface area contributed by atoms with E-state index in [4.69, 9.17) is 23.2 Å². The molecule has 2 aromatic heterocycles. The number of fused-ring (bicyclic) bond motifs is 1. The van der Waals surface area contributed by atoms with Crippen molar-refractivity contribution in [1.82, 2.24) is 29.9 Å². The third-order valence-electron chi connectivity index (χ3n) is 6.26. The number of aromatic amines is 1. The SMILES string of the molecule is O=C(c1ccccc1[N+](=O)[O-])N1CCC(c2nc3c(nnn3Cc3c(Cl)cccc3Cl)c(=O)[nH]2)CC1. The lowest BCUT2D eigenvalue weighted by molar-refractivity contribution is -0.385. The maximum absolute atomic E-state index is 12.9. The number of rotatable bonds is 5. The van der Waals surface area contributed by atoms with Crippen LogP contribution in [-0.4, -0.2) is 53.8 Å². The van der Waals surface area contributed by atoms with Crippen molar-refractivity contribution in [2.45, 2.75) is 25.3 Å². The van der Waals surface area contributed by atoms with Gasteiger partial charge >= 0.3 is 0 Å². The Morgan fingerprint density at radius 1 is 1.11 bits per heavy atom. The molecule has 0 unspecified atom stereocenters. The number of hydrogen-bond acceptors (Lipinski definition) is 7. The highest BCUT2D eigenvalue weighted by Crippen LogP contribution is 2.29. The van der Waals surface area contributed by atoms with Crippen molar-refractivity contribution in [3.05, 3.63) is 89.9 Å². The minimum Gasteiger partial charge on any atom is -0.338 e. The molecule has 5 rings (SSSR count). The topological polar surface area (TPSA) is 140 Å². The molecule has 1 aliphatic rings. The molecule has 1 amide bonds. The average molecular weight is 528 g/mol. The number of amides is 1. The monoisotopic (exact) mass is 527 g/mol. The number of halogens is 2. The van der Waals surface area contributed by atoms with E-state index in [1.165, 1.54) is 22.9 Å². The van der Waals surface area contributed by atoms with Crippen molar-refractivity contribution in [1.29, 1.82) is 0 Å². The molecule has 1 saturated heterocycles.